The van der Waals surface area contributed by atoms with E-state index in [1.54, 1.807) is 6.92 Å². The number of carboxylic acid groups (broad SMARTS) is 1. The number of hydrogen-bond acceptors (Lipinski definition) is 3. The molecule has 1 amide bonds. The van der Waals surface area contributed by atoms with E-state index in [0.29, 0.717) is 6.42 Å². The fourth-order valence-corrected chi connectivity index (χ4v) is 1.42. The Kier molecular flexibility index (Phi) is 4.79. The van der Waals surface area contributed by atoms with Crippen molar-refractivity contribution in [2.45, 2.75) is 19.4 Å². The number of hydrogen-bond donors (Lipinski definition) is 2. The van der Waals surface area contributed by atoms with Gasteiger partial charge in [0, 0.05) is 7.11 Å². The summed E-state index contributed by atoms with van der Waals surface area (Å²) < 4.78 is 18.4. The molecule has 0 saturated heterocycles. The largest absolute Gasteiger partial charge is 0.478 e. The lowest BCUT2D eigenvalue weighted by Gasteiger charge is -2.13. The van der Waals surface area contributed by atoms with Gasteiger partial charge in [0.1, 0.15) is 11.9 Å². The Morgan fingerprint density at radius 1 is 1.50 bits per heavy atom. The zero-order valence-electron chi connectivity index (χ0n) is 10.1. The molecule has 1 aromatic carbocycles. The highest BCUT2D eigenvalue weighted by Crippen LogP contribution is 2.16. The minimum atomic E-state index is -1.23. The van der Waals surface area contributed by atoms with Crippen molar-refractivity contribution in [1.82, 2.24) is 0 Å². The van der Waals surface area contributed by atoms with Crippen LogP contribution in [0, 0.1) is 5.82 Å². The van der Waals surface area contributed by atoms with E-state index in [4.69, 9.17) is 9.84 Å². The average Bonchev–Trinajstić information content (AvgIpc) is 2.33. The molecular formula is C12H14FNO4. The monoisotopic (exact) mass is 255 g/mol. The molecule has 0 aliphatic heterocycles. The lowest BCUT2D eigenvalue weighted by Crippen LogP contribution is -2.29. The highest BCUT2D eigenvalue weighted by Gasteiger charge is 2.17. The van der Waals surface area contributed by atoms with Gasteiger partial charge in [0.15, 0.2) is 0 Å². The number of halogens is 1. The molecule has 0 spiro atoms. The van der Waals surface area contributed by atoms with Crippen molar-refractivity contribution in [2.75, 3.05) is 12.4 Å². The molecule has 5 nitrogen and oxygen atoms in total. The second-order valence-electron chi connectivity index (χ2n) is 3.62. The summed E-state index contributed by atoms with van der Waals surface area (Å²) in [7, 11) is 1.39. The molecule has 0 bridgehead atoms. The number of methoxy groups -OCH3 is 1. The maximum atomic E-state index is 13.5. The third-order valence-corrected chi connectivity index (χ3v) is 2.42. The zero-order valence-corrected chi connectivity index (χ0v) is 10.1. The Balaban J connectivity index is 2.86. The summed E-state index contributed by atoms with van der Waals surface area (Å²) in [6.07, 6.45) is -0.208. The molecular weight excluding hydrogens is 241 g/mol. The lowest BCUT2D eigenvalue weighted by atomic mass is 10.2. The molecule has 18 heavy (non-hydrogen) atoms. The van der Waals surface area contributed by atoms with Crippen molar-refractivity contribution >= 4 is 17.6 Å². The first-order valence-electron chi connectivity index (χ1n) is 5.36. The van der Waals surface area contributed by atoms with Gasteiger partial charge in [-0.15, -0.1) is 0 Å². The molecule has 1 rings (SSSR count). The second kappa shape index (κ2) is 6.11. The first-order valence-corrected chi connectivity index (χ1v) is 5.36. The Bertz CT molecular complexity index is 457. The molecule has 0 aliphatic carbocycles. The number of nitrogens with one attached hydrogen (secondary N) is 1. The highest BCUT2D eigenvalue weighted by molar-refractivity contribution is 5.95. The van der Waals surface area contributed by atoms with Gasteiger partial charge in [0.25, 0.3) is 5.91 Å². The van der Waals surface area contributed by atoms with E-state index >= 15 is 0 Å². The quantitative estimate of drug-likeness (QED) is 0.842. The van der Waals surface area contributed by atoms with Crippen LogP contribution in [0.3, 0.4) is 0 Å². The summed E-state index contributed by atoms with van der Waals surface area (Å²) in [5.74, 6) is -2.49. The molecule has 98 valence electrons. The van der Waals surface area contributed by atoms with Crippen LogP contribution in [-0.2, 0) is 9.53 Å². The summed E-state index contributed by atoms with van der Waals surface area (Å²) in [5.41, 5.74) is -0.246. The predicted octanol–water partition coefficient (Wildman–Crippen LogP) is 1.89. The summed E-state index contributed by atoms with van der Waals surface area (Å²) >= 11 is 0. The van der Waals surface area contributed by atoms with E-state index in [9.17, 15) is 14.0 Å². The minimum Gasteiger partial charge on any atom is -0.478 e. The van der Waals surface area contributed by atoms with Crippen molar-refractivity contribution in [3.05, 3.63) is 29.6 Å². The maximum absolute atomic E-state index is 13.5. The number of rotatable bonds is 5. The topological polar surface area (TPSA) is 75.6 Å². The van der Waals surface area contributed by atoms with Crippen LogP contribution in [0.4, 0.5) is 10.1 Å². The number of carbonyl (C=O) groups is 2. The SMILES string of the molecule is CCC(OC)C(=O)Nc1ccc(C(=O)O)cc1F. The number of carboxylic acids is 1. The van der Waals surface area contributed by atoms with Crippen molar-refractivity contribution in [1.29, 1.82) is 0 Å². The fraction of sp³-hybridized carbons (Fsp3) is 0.333. The van der Waals surface area contributed by atoms with Gasteiger partial charge in [-0.1, -0.05) is 6.92 Å². The van der Waals surface area contributed by atoms with Crippen LogP contribution < -0.4 is 5.32 Å². The molecule has 0 saturated carbocycles. The molecule has 1 atom stereocenters. The number of benzene rings is 1. The average molecular weight is 255 g/mol. The van der Waals surface area contributed by atoms with E-state index in [1.165, 1.54) is 19.2 Å². The number of amides is 1. The molecule has 0 fully saturated rings. The van der Waals surface area contributed by atoms with Crippen molar-refractivity contribution in [3.8, 4) is 0 Å². The summed E-state index contributed by atoms with van der Waals surface area (Å²) in [4.78, 5) is 22.2. The molecule has 0 aromatic heterocycles. The highest BCUT2D eigenvalue weighted by atomic mass is 19.1. The molecule has 2 N–H and O–H groups in total. The zero-order chi connectivity index (χ0) is 13.7. The van der Waals surface area contributed by atoms with E-state index in [1.807, 2.05) is 0 Å². The minimum absolute atomic E-state index is 0.0690. The van der Waals surface area contributed by atoms with E-state index < -0.39 is 23.8 Å². The molecule has 1 unspecified atom stereocenters. The standard InChI is InChI=1S/C12H14FNO4/c1-3-10(18-2)11(15)14-9-5-4-7(12(16)17)6-8(9)13/h4-6,10H,3H2,1-2H3,(H,14,15)(H,16,17). The number of carbonyl (C=O) groups excluding carboxylic acids is 1. The molecule has 0 heterocycles. The van der Waals surface area contributed by atoms with Crippen LogP contribution in [0.2, 0.25) is 0 Å². The Morgan fingerprint density at radius 3 is 2.61 bits per heavy atom. The Labute approximate surface area is 104 Å². The molecule has 6 heteroatoms. The van der Waals surface area contributed by atoms with E-state index in [0.717, 1.165) is 6.07 Å². The Hall–Kier alpha value is -1.95. The smallest absolute Gasteiger partial charge is 0.335 e. The summed E-state index contributed by atoms with van der Waals surface area (Å²) in [6.45, 7) is 1.76. The van der Waals surface area contributed by atoms with Gasteiger partial charge in [0.2, 0.25) is 0 Å². The number of anilines is 1. The van der Waals surface area contributed by atoms with Crippen LogP contribution in [0.5, 0.6) is 0 Å². The van der Waals surface area contributed by atoms with Gasteiger partial charge >= 0.3 is 5.97 Å². The maximum Gasteiger partial charge on any atom is 0.335 e. The lowest BCUT2D eigenvalue weighted by molar-refractivity contribution is -0.125. The first-order chi connectivity index (χ1) is 8.49. The molecule has 0 radical (unpaired) electrons. The van der Waals surface area contributed by atoms with Gasteiger partial charge in [0.05, 0.1) is 11.3 Å². The molecule has 1 aromatic rings. The third-order valence-electron chi connectivity index (χ3n) is 2.42. The predicted molar refractivity (Wildman–Crippen MR) is 63.1 cm³/mol. The van der Waals surface area contributed by atoms with Crippen molar-refractivity contribution in [3.63, 3.8) is 0 Å². The van der Waals surface area contributed by atoms with E-state index in [2.05, 4.69) is 5.32 Å². The van der Waals surface area contributed by atoms with Gasteiger partial charge in [-0.2, -0.15) is 0 Å². The summed E-state index contributed by atoms with van der Waals surface area (Å²) in [6, 6.07) is 3.28. The molecule has 0 aliphatic rings. The normalized spacial score (nSPS) is 11.9. The number of aromatic carboxylic acids is 1. The Morgan fingerprint density at radius 2 is 2.17 bits per heavy atom. The van der Waals surface area contributed by atoms with Crippen LogP contribution in [-0.4, -0.2) is 30.2 Å². The third kappa shape index (κ3) is 3.27. The van der Waals surface area contributed by atoms with Crippen LogP contribution >= 0.6 is 0 Å². The first kappa shape index (κ1) is 14.1. The fourth-order valence-electron chi connectivity index (χ4n) is 1.42. The van der Waals surface area contributed by atoms with Crippen LogP contribution in [0.15, 0.2) is 18.2 Å². The van der Waals surface area contributed by atoms with Crippen molar-refractivity contribution < 1.29 is 23.8 Å². The number of ether oxygens (including phenoxy) is 1. The summed E-state index contributed by atoms with van der Waals surface area (Å²) in [5, 5.41) is 11.0. The van der Waals surface area contributed by atoms with Gasteiger partial charge in [-0.3, -0.25) is 4.79 Å². The van der Waals surface area contributed by atoms with Crippen LogP contribution in [0.25, 0.3) is 0 Å². The van der Waals surface area contributed by atoms with Gasteiger partial charge < -0.3 is 15.2 Å². The van der Waals surface area contributed by atoms with Gasteiger partial charge in [-0.05, 0) is 24.6 Å². The van der Waals surface area contributed by atoms with Gasteiger partial charge in [-0.25, -0.2) is 9.18 Å². The second-order valence-corrected chi connectivity index (χ2v) is 3.62. The van der Waals surface area contributed by atoms with Crippen molar-refractivity contribution in [2.24, 2.45) is 0 Å². The van der Waals surface area contributed by atoms with Crippen LogP contribution in [0.1, 0.15) is 23.7 Å². The van der Waals surface area contributed by atoms with E-state index in [-0.39, 0.29) is 11.3 Å².